The van der Waals surface area contributed by atoms with E-state index in [0.29, 0.717) is 18.7 Å². The number of carbonyl (C=O) groups is 2. The molecule has 0 heterocycles. The Bertz CT molecular complexity index is 1300. The van der Waals surface area contributed by atoms with E-state index in [0.717, 1.165) is 16.3 Å². The van der Waals surface area contributed by atoms with Crippen LogP contribution in [0.2, 0.25) is 0 Å². The second-order valence-electron chi connectivity index (χ2n) is 8.79. The van der Waals surface area contributed by atoms with Gasteiger partial charge in [0, 0.05) is 13.1 Å². The molecule has 0 unspecified atom stereocenters. The third-order valence-corrected chi connectivity index (χ3v) is 7.94. The molecule has 3 aromatic rings. The van der Waals surface area contributed by atoms with Crippen molar-refractivity contribution in [1.82, 2.24) is 10.2 Å². The summed E-state index contributed by atoms with van der Waals surface area (Å²) in [6.07, 6.45) is 1.27. The first kappa shape index (κ1) is 28.7. The molecule has 202 valence electrons. The van der Waals surface area contributed by atoms with Crippen LogP contribution < -0.4 is 14.4 Å². The number of anilines is 1. The van der Waals surface area contributed by atoms with Gasteiger partial charge < -0.3 is 15.0 Å². The van der Waals surface area contributed by atoms with Crippen molar-refractivity contribution in [2.45, 2.75) is 37.6 Å². The maximum Gasteiger partial charge on any atom is 0.264 e. The fourth-order valence-electron chi connectivity index (χ4n) is 4.03. The van der Waals surface area contributed by atoms with Crippen molar-refractivity contribution in [1.29, 1.82) is 0 Å². The first-order valence-electron chi connectivity index (χ1n) is 12.6. The lowest BCUT2D eigenvalue weighted by Crippen LogP contribution is -2.52. The van der Waals surface area contributed by atoms with E-state index in [1.165, 1.54) is 24.1 Å². The van der Waals surface area contributed by atoms with E-state index >= 15 is 0 Å². The summed E-state index contributed by atoms with van der Waals surface area (Å²) < 4.78 is 34.1. The zero-order chi connectivity index (χ0) is 27.5. The van der Waals surface area contributed by atoms with Crippen molar-refractivity contribution in [3.63, 3.8) is 0 Å². The van der Waals surface area contributed by atoms with Gasteiger partial charge in [0.1, 0.15) is 18.3 Å². The Kier molecular flexibility index (Phi) is 10.3. The van der Waals surface area contributed by atoms with Crippen molar-refractivity contribution in [2.24, 2.45) is 0 Å². The smallest absolute Gasteiger partial charge is 0.264 e. The Hall–Kier alpha value is -3.85. The molecule has 3 aromatic carbocycles. The lowest BCUT2D eigenvalue weighted by Gasteiger charge is -2.32. The van der Waals surface area contributed by atoms with Gasteiger partial charge in [-0.25, -0.2) is 8.42 Å². The standard InChI is InChI=1S/C29H35N3O5S/c1-4-20-30-29(34)23(2)31(21-19-24-13-7-5-8-14-24)28(33)22-32(26-17-11-12-18-27(26)37-3)38(35,36)25-15-9-6-10-16-25/h5-18,23H,4,19-22H2,1-3H3,(H,30,34)/t23-/m0/s1. The van der Waals surface area contributed by atoms with Crippen LogP contribution in [0.25, 0.3) is 0 Å². The Balaban J connectivity index is 1.99. The fourth-order valence-corrected chi connectivity index (χ4v) is 5.48. The maximum absolute atomic E-state index is 13.8. The monoisotopic (exact) mass is 537 g/mol. The number of nitrogens with one attached hydrogen (secondary N) is 1. The minimum atomic E-state index is -4.14. The number of para-hydroxylation sites is 2. The van der Waals surface area contributed by atoms with Gasteiger partial charge in [-0.15, -0.1) is 0 Å². The maximum atomic E-state index is 13.8. The number of methoxy groups -OCH3 is 1. The Morgan fingerprint density at radius 3 is 2.16 bits per heavy atom. The second kappa shape index (κ2) is 13.6. The summed E-state index contributed by atoms with van der Waals surface area (Å²) in [6, 6.07) is 23.4. The highest BCUT2D eigenvalue weighted by molar-refractivity contribution is 7.92. The molecule has 0 saturated carbocycles. The molecule has 0 bridgehead atoms. The quantitative estimate of drug-likeness (QED) is 0.357. The SMILES string of the molecule is CCCNC(=O)[C@H](C)N(CCc1ccccc1)C(=O)CN(c1ccccc1OC)S(=O)(=O)c1ccccc1. The fraction of sp³-hybridized carbons (Fsp3) is 0.310. The van der Waals surface area contributed by atoms with Gasteiger partial charge in [0.05, 0.1) is 17.7 Å². The van der Waals surface area contributed by atoms with Crippen LogP contribution in [-0.4, -0.2) is 57.9 Å². The van der Waals surface area contributed by atoms with Crippen LogP contribution in [0, 0.1) is 0 Å². The summed E-state index contributed by atoms with van der Waals surface area (Å²) >= 11 is 0. The third-order valence-electron chi connectivity index (χ3n) is 6.16. The first-order chi connectivity index (χ1) is 18.3. The average Bonchev–Trinajstić information content (AvgIpc) is 2.95. The van der Waals surface area contributed by atoms with Crippen molar-refractivity contribution in [2.75, 3.05) is 31.0 Å². The van der Waals surface area contributed by atoms with Crippen molar-refractivity contribution in [3.05, 3.63) is 90.5 Å². The minimum Gasteiger partial charge on any atom is -0.495 e. The summed E-state index contributed by atoms with van der Waals surface area (Å²) in [5.41, 5.74) is 1.24. The van der Waals surface area contributed by atoms with E-state index in [1.54, 1.807) is 49.4 Å². The molecule has 8 nitrogen and oxygen atoms in total. The van der Waals surface area contributed by atoms with E-state index in [-0.39, 0.29) is 23.0 Å². The van der Waals surface area contributed by atoms with Gasteiger partial charge in [0.25, 0.3) is 10.0 Å². The molecule has 0 radical (unpaired) electrons. The van der Waals surface area contributed by atoms with E-state index in [2.05, 4.69) is 5.32 Å². The molecule has 0 saturated heterocycles. The molecule has 2 amide bonds. The second-order valence-corrected chi connectivity index (χ2v) is 10.6. The largest absolute Gasteiger partial charge is 0.495 e. The predicted molar refractivity (Wildman–Crippen MR) is 149 cm³/mol. The van der Waals surface area contributed by atoms with E-state index in [1.807, 2.05) is 37.3 Å². The van der Waals surface area contributed by atoms with E-state index in [4.69, 9.17) is 4.74 Å². The van der Waals surface area contributed by atoms with Crippen molar-refractivity contribution in [3.8, 4) is 5.75 Å². The molecule has 9 heteroatoms. The van der Waals surface area contributed by atoms with E-state index < -0.39 is 28.5 Å². The number of hydrogen-bond donors (Lipinski definition) is 1. The number of ether oxygens (including phenoxy) is 1. The summed E-state index contributed by atoms with van der Waals surface area (Å²) in [5.74, 6) is -0.474. The topological polar surface area (TPSA) is 96.0 Å². The highest BCUT2D eigenvalue weighted by atomic mass is 32.2. The summed E-state index contributed by atoms with van der Waals surface area (Å²) in [7, 11) is -2.69. The molecule has 0 aliphatic heterocycles. The van der Waals surface area contributed by atoms with Crippen LogP contribution >= 0.6 is 0 Å². The number of benzene rings is 3. The lowest BCUT2D eigenvalue weighted by molar-refractivity contribution is -0.138. The van der Waals surface area contributed by atoms with Crippen molar-refractivity contribution >= 4 is 27.5 Å². The van der Waals surface area contributed by atoms with Gasteiger partial charge >= 0.3 is 0 Å². The molecule has 38 heavy (non-hydrogen) atoms. The normalized spacial score (nSPS) is 11.9. The van der Waals surface area contributed by atoms with E-state index in [9.17, 15) is 18.0 Å². The minimum absolute atomic E-state index is 0.0447. The van der Waals surface area contributed by atoms with Crippen LogP contribution in [0.5, 0.6) is 5.75 Å². The predicted octanol–water partition coefficient (Wildman–Crippen LogP) is 3.88. The molecule has 0 aliphatic carbocycles. The Labute approximate surface area is 225 Å². The number of hydrogen-bond acceptors (Lipinski definition) is 5. The molecule has 0 spiro atoms. The van der Waals surface area contributed by atoms with Gasteiger partial charge in [-0.3, -0.25) is 13.9 Å². The first-order valence-corrected chi connectivity index (χ1v) is 14.1. The van der Waals surface area contributed by atoms with Crippen LogP contribution in [0.4, 0.5) is 5.69 Å². The molecule has 0 aliphatic rings. The summed E-state index contributed by atoms with van der Waals surface area (Å²) in [5, 5.41) is 2.84. The third kappa shape index (κ3) is 7.13. The molecule has 1 N–H and O–H groups in total. The van der Waals surface area contributed by atoms with Crippen LogP contribution in [0.15, 0.2) is 89.8 Å². The van der Waals surface area contributed by atoms with Crippen LogP contribution in [0.3, 0.4) is 0 Å². The molecule has 0 aromatic heterocycles. The zero-order valence-corrected chi connectivity index (χ0v) is 22.9. The van der Waals surface area contributed by atoms with Crippen molar-refractivity contribution < 1.29 is 22.7 Å². The van der Waals surface area contributed by atoms with Gasteiger partial charge in [-0.05, 0) is 49.6 Å². The van der Waals surface area contributed by atoms with Gasteiger partial charge in [0.2, 0.25) is 11.8 Å². The lowest BCUT2D eigenvalue weighted by atomic mass is 10.1. The Morgan fingerprint density at radius 2 is 1.53 bits per heavy atom. The van der Waals surface area contributed by atoms with Gasteiger partial charge in [-0.2, -0.15) is 0 Å². The number of nitrogens with zero attached hydrogens (tertiary/aromatic N) is 2. The number of carbonyl (C=O) groups excluding carboxylic acids is 2. The summed E-state index contributed by atoms with van der Waals surface area (Å²) in [4.78, 5) is 28.2. The van der Waals surface area contributed by atoms with Crippen LogP contribution in [0.1, 0.15) is 25.8 Å². The van der Waals surface area contributed by atoms with Gasteiger partial charge in [-0.1, -0.05) is 67.6 Å². The summed E-state index contributed by atoms with van der Waals surface area (Å²) in [6.45, 7) is 3.84. The average molecular weight is 538 g/mol. The van der Waals surface area contributed by atoms with Crippen LogP contribution in [-0.2, 0) is 26.0 Å². The number of amides is 2. The highest BCUT2D eigenvalue weighted by Gasteiger charge is 2.33. The number of sulfonamides is 1. The molecule has 0 fully saturated rings. The molecule has 3 rings (SSSR count). The number of rotatable bonds is 13. The zero-order valence-electron chi connectivity index (χ0n) is 22.0. The Morgan fingerprint density at radius 1 is 0.921 bits per heavy atom. The highest BCUT2D eigenvalue weighted by Crippen LogP contribution is 2.32. The molecular formula is C29H35N3O5S. The molecular weight excluding hydrogens is 502 g/mol. The van der Waals surface area contributed by atoms with Gasteiger partial charge in [0.15, 0.2) is 0 Å². The molecule has 1 atom stereocenters.